The van der Waals surface area contributed by atoms with Crippen LogP contribution >= 0.6 is 0 Å². The van der Waals surface area contributed by atoms with E-state index in [1.165, 1.54) is 11.1 Å². The van der Waals surface area contributed by atoms with Gasteiger partial charge in [-0.1, -0.05) is 36.8 Å². The van der Waals surface area contributed by atoms with Gasteiger partial charge in [0.25, 0.3) is 0 Å². The van der Waals surface area contributed by atoms with Crippen LogP contribution in [0.4, 0.5) is 0 Å². The van der Waals surface area contributed by atoms with E-state index in [4.69, 9.17) is 4.74 Å². The fourth-order valence-electron chi connectivity index (χ4n) is 1.69. The van der Waals surface area contributed by atoms with Gasteiger partial charge in [0, 0.05) is 12.6 Å². The third kappa shape index (κ3) is 4.49. The van der Waals surface area contributed by atoms with Gasteiger partial charge >= 0.3 is 5.97 Å². The Morgan fingerprint density at radius 3 is 2.44 bits per heavy atom. The minimum atomic E-state index is -0.138. The second kappa shape index (κ2) is 7.17. The van der Waals surface area contributed by atoms with Crippen molar-refractivity contribution >= 4 is 5.97 Å². The third-order valence-electron chi connectivity index (χ3n) is 3.00. The van der Waals surface area contributed by atoms with Crippen LogP contribution in [0.1, 0.15) is 37.9 Å². The first kappa shape index (κ1) is 14.7. The normalized spacial score (nSPS) is 14.0. The molecule has 0 saturated carbocycles. The third-order valence-corrected chi connectivity index (χ3v) is 3.00. The topological polar surface area (TPSA) is 38.3 Å². The summed E-state index contributed by atoms with van der Waals surface area (Å²) in [6.07, 6.45) is 0. The van der Waals surface area contributed by atoms with Gasteiger partial charge in [0.15, 0.2) is 0 Å². The SMILES string of the molecule is CCOC(=O)C(C)CNC(C)c1ccc(C)cc1. The van der Waals surface area contributed by atoms with Gasteiger partial charge in [-0.15, -0.1) is 0 Å². The minimum Gasteiger partial charge on any atom is -0.466 e. The summed E-state index contributed by atoms with van der Waals surface area (Å²) < 4.78 is 4.98. The van der Waals surface area contributed by atoms with Crippen LogP contribution in [0.25, 0.3) is 0 Å². The molecule has 1 rings (SSSR count). The smallest absolute Gasteiger partial charge is 0.309 e. The van der Waals surface area contributed by atoms with Crippen molar-refractivity contribution in [1.29, 1.82) is 0 Å². The molecule has 2 unspecified atom stereocenters. The van der Waals surface area contributed by atoms with Crippen molar-refractivity contribution in [1.82, 2.24) is 5.32 Å². The van der Waals surface area contributed by atoms with E-state index in [0.29, 0.717) is 13.2 Å². The highest BCUT2D eigenvalue weighted by Crippen LogP contribution is 2.13. The Hall–Kier alpha value is -1.35. The lowest BCUT2D eigenvalue weighted by Crippen LogP contribution is -2.29. The molecule has 100 valence electrons. The molecule has 1 aromatic carbocycles. The molecule has 1 aromatic rings. The maximum Gasteiger partial charge on any atom is 0.309 e. The summed E-state index contributed by atoms with van der Waals surface area (Å²) in [5, 5.41) is 3.36. The van der Waals surface area contributed by atoms with Crippen molar-refractivity contribution in [2.45, 2.75) is 33.7 Å². The van der Waals surface area contributed by atoms with Crippen LogP contribution in [0, 0.1) is 12.8 Å². The standard InChI is InChI=1S/C15H23NO2/c1-5-18-15(17)12(3)10-16-13(4)14-8-6-11(2)7-9-14/h6-9,12-13,16H,5,10H2,1-4H3. The van der Waals surface area contributed by atoms with Gasteiger partial charge in [0.2, 0.25) is 0 Å². The highest BCUT2D eigenvalue weighted by Gasteiger charge is 2.15. The second-order valence-corrected chi connectivity index (χ2v) is 4.69. The molecule has 1 N–H and O–H groups in total. The first-order valence-electron chi connectivity index (χ1n) is 6.51. The predicted molar refractivity (Wildman–Crippen MR) is 73.4 cm³/mol. The summed E-state index contributed by atoms with van der Waals surface area (Å²) in [7, 11) is 0. The number of hydrogen-bond donors (Lipinski definition) is 1. The lowest BCUT2D eigenvalue weighted by Gasteiger charge is -2.17. The molecule has 2 atom stereocenters. The van der Waals surface area contributed by atoms with Crippen LogP contribution in [0.2, 0.25) is 0 Å². The Labute approximate surface area is 110 Å². The molecule has 3 heteroatoms. The average molecular weight is 249 g/mol. The zero-order valence-electron chi connectivity index (χ0n) is 11.7. The van der Waals surface area contributed by atoms with E-state index in [-0.39, 0.29) is 17.9 Å². The Balaban J connectivity index is 2.43. The summed E-state index contributed by atoms with van der Waals surface area (Å²) in [5.74, 6) is -0.251. The van der Waals surface area contributed by atoms with Crippen LogP contribution in [-0.4, -0.2) is 19.1 Å². The monoisotopic (exact) mass is 249 g/mol. The van der Waals surface area contributed by atoms with Gasteiger partial charge in [-0.05, 0) is 26.3 Å². The van der Waals surface area contributed by atoms with Crippen molar-refractivity contribution in [3.05, 3.63) is 35.4 Å². The van der Waals surface area contributed by atoms with E-state index >= 15 is 0 Å². The maximum atomic E-state index is 11.5. The molecule has 0 aliphatic rings. The van der Waals surface area contributed by atoms with Crippen LogP contribution in [0.5, 0.6) is 0 Å². The van der Waals surface area contributed by atoms with E-state index in [0.717, 1.165) is 0 Å². The van der Waals surface area contributed by atoms with Gasteiger partial charge in [-0.3, -0.25) is 4.79 Å². The lowest BCUT2D eigenvalue weighted by molar-refractivity contribution is -0.147. The summed E-state index contributed by atoms with van der Waals surface area (Å²) in [5.41, 5.74) is 2.49. The summed E-state index contributed by atoms with van der Waals surface area (Å²) in [4.78, 5) is 11.5. The summed E-state index contributed by atoms with van der Waals surface area (Å²) in [6, 6.07) is 8.66. The zero-order chi connectivity index (χ0) is 13.5. The molecule has 0 spiro atoms. The first-order chi connectivity index (χ1) is 8.54. The molecule has 0 radical (unpaired) electrons. The summed E-state index contributed by atoms with van der Waals surface area (Å²) >= 11 is 0. The number of carbonyl (C=O) groups is 1. The van der Waals surface area contributed by atoms with Crippen molar-refractivity contribution in [2.24, 2.45) is 5.92 Å². The molecule has 0 saturated heterocycles. The number of rotatable bonds is 6. The molecule has 0 aromatic heterocycles. The van der Waals surface area contributed by atoms with Crippen molar-refractivity contribution in [3.63, 3.8) is 0 Å². The van der Waals surface area contributed by atoms with Crippen molar-refractivity contribution in [2.75, 3.05) is 13.2 Å². The number of esters is 1. The fraction of sp³-hybridized carbons (Fsp3) is 0.533. The predicted octanol–water partition coefficient (Wildman–Crippen LogP) is 2.84. The maximum absolute atomic E-state index is 11.5. The fourth-order valence-corrected chi connectivity index (χ4v) is 1.69. The Morgan fingerprint density at radius 1 is 1.28 bits per heavy atom. The number of nitrogens with one attached hydrogen (secondary N) is 1. The number of ether oxygens (including phenoxy) is 1. The zero-order valence-corrected chi connectivity index (χ0v) is 11.7. The Kier molecular flexibility index (Phi) is 5.86. The van der Waals surface area contributed by atoms with Crippen molar-refractivity contribution in [3.8, 4) is 0 Å². The molecule has 18 heavy (non-hydrogen) atoms. The lowest BCUT2D eigenvalue weighted by atomic mass is 10.1. The second-order valence-electron chi connectivity index (χ2n) is 4.69. The van der Waals surface area contributed by atoms with E-state index in [2.05, 4.69) is 43.4 Å². The molecule has 3 nitrogen and oxygen atoms in total. The Bertz CT molecular complexity index is 373. The number of hydrogen-bond acceptors (Lipinski definition) is 3. The van der Waals surface area contributed by atoms with Gasteiger partial charge < -0.3 is 10.1 Å². The van der Waals surface area contributed by atoms with Crippen molar-refractivity contribution < 1.29 is 9.53 Å². The van der Waals surface area contributed by atoms with E-state index in [9.17, 15) is 4.79 Å². The molecular formula is C15H23NO2. The Morgan fingerprint density at radius 2 is 1.89 bits per heavy atom. The number of aryl methyl sites for hydroxylation is 1. The molecule has 0 heterocycles. The molecule has 0 aliphatic heterocycles. The molecule has 0 amide bonds. The highest BCUT2D eigenvalue weighted by molar-refractivity contribution is 5.72. The molecule has 0 bridgehead atoms. The van der Waals surface area contributed by atoms with Gasteiger partial charge in [-0.25, -0.2) is 0 Å². The largest absolute Gasteiger partial charge is 0.466 e. The van der Waals surface area contributed by atoms with E-state index < -0.39 is 0 Å². The van der Waals surface area contributed by atoms with E-state index in [1.54, 1.807) is 0 Å². The number of carbonyl (C=O) groups excluding carboxylic acids is 1. The molecule has 0 aliphatic carbocycles. The van der Waals surface area contributed by atoms with Crippen LogP contribution < -0.4 is 5.32 Å². The molecule has 0 fully saturated rings. The van der Waals surface area contributed by atoms with Gasteiger partial charge in [0.1, 0.15) is 0 Å². The van der Waals surface area contributed by atoms with Gasteiger partial charge in [-0.2, -0.15) is 0 Å². The average Bonchev–Trinajstić information content (AvgIpc) is 2.36. The van der Waals surface area contributed by atoms with Crippen LogP contribution in [0.3, 0.4) is 0 Å². The highest BCUT2D eigenvalue weighted by atomic mass is 16.5. The quantitative estimate of drug-likeness (QED) is 0.788. The minimum absolute atomic E-state index is 0.113. The van der Waals surface area contributed by atoms with Gasteiger partial charge in [0.05, 0.1) is 12.5 Å². The first-order valence-corrected chi connectivity index (χ1v) is 6.51. The van der Waals surface area contributed by atoms with Crippen LogP contribution in [-0.2, 0) is 9.53 Å². The summed E-state index contributed by atoms with van der Waals surface area (Å²) in [6.45, 7) is 8.96. The van der Waals surface area contributed by atoms with E-state index in [1.807, 2.05) is 13.8 Å². The molecular weight excluding hydrogens is 226 g/mol. The number of benzene rings is 1. The van der Waals surface area contributed by atoms with Crippen LogP contribution in [0.15, 0.2) is 24.3 Å².